The highest BCUT2D eigenvalue weighted by Gasteiger charge is 2.14. The normalized spacial score (nSPS) is 10.5. The molecule has 1 N–H and O–H groups in total. The maximum absolute atomic E-state index is 12.4. The topological polar surface area (TPSA) is 90.1 Å². The zero-order valence-electron chi connectivity index (χ0n) is 14.0. The van der Waals surface area contributed by atoms with Crippen LogP contribution in [0.15, 0.2) is 70.8 Å². The van der Waals surface area contributed by atoms with E-state index in [0.29, 0.717) is 18.2 Å². The van der Waals surface area contributed by atoms with Crippen molar-refractivity contribution in [1.82, 2.24) is 15.1 Å². The van der Waals surface area contributed by atoms with Crippen molar-refractivity contribution >= 4 is 23.1 Å². The number of hydrogen-bond donors (Lipinski definition) is 1. The number of nitrogens with zero attached hydrogens (tertiary/aromatic N) is 3. The molecule has 4 rings (SSSR count). The minimum Gasteiger partial charge on any atom is -0.473 e. The molecule has 0 aliphatic rings. The van der Waals surface area contributed by atoms with Gasteiger partial charge in [-0.1, -0.05) is 41.6 Å². The molecule has 1 aromatic carbocycles. The molecule has 27 heavy (non-hydrogen) atoms. The number of amides is 1. The van der Waals surface area contributed by atoms with Gasteiger partial charge in [0, 0.05) is 12.1 Å². The van der Waals surface area contributed by atoms with Gasteiger partial charge in [-0.3, -0.25) is 10.1 Å². The summed E-state index contributed by atoms with van der Waals surface area (Å²) in [6.07, 6.45) is 1.28. The summed E-state index contributed by atoms with van der Waals surface area (Å²) in [6.45, 7) is 0.352. The molecule has 0 aliphatic heterocycles. The van der Waals surface area contributed by atoms with E-state index in [0.717, 1.165) is 10.4 Å². The summed E-state index contributed by atoms with van der Waals surface area (Å²) in [6, 6.07) is 16.7. The van der Waals surface area contributed by atoms with E-state index in [1.54, 1.807) is 6.07 Å². The number of benzene rings is 1. The van der Waals surface area contributed by atoms with E-state index in [1.165, 1.54) is 23.7 Å². The molecule has 0 spiro atoms. The number of carbonyl (C=O) groups is 1. The average Bonchev–Trinajstić information content (AvgIpc) is 3.39. The number of hydrogen-bond acceptors (Lipinski definition) is 7. The van der Waals surface area contributed by atoms with Gasteiger partial charge in [-0.2, -0.15) is 0 Å². The quantitative estimate of drug-likeness (QED) is 0.545. The SMILES string of the molecule is O=C(Nc1cc(-c2cccs2)no1)c1cc(OCc2ccccc2)ncn1. The molecule has 0 unspecified atom stereocenters. The van der Waals surface area contributed by atoms with Crippen LogP contribution in [0.25, 0.3) is 10.6 Å². The van der Waals surface area contributed by atoms with Gasteiger partial charge in [0.25, 0.3) is 5.91 Å². The fraction of sp³-hybridized carbons (Fsp3) is 0.0526. The highest BCUT2D eigenvalue weighted by atomic mass is 32.1. The van der Waals surface area contributed by atoms with Crippen molar-refractivity contribution in [2.45, 2.75) is 6.61 Å². The predicted octanol–water partition coefficient (Wildman–Crippen LogP) is 4.02. The number of carbonyl (C=O) groups excluding carboxylic acids is 1. The second kappa shape index (κ2) is 7.79. The van der Waals surface area contributed by atoms with Gasteiger partial charge < -0.3 is 9.26 Å². The van der Waals surface area contributed by atoms with Gasteiger partial charge in [0.2, 0.25) is 11.8 Å². The largest absolute Gasteiger partial charge is 0.473 e. The standard InChI is InChI=1S/C19H14N4O3S/c24-19(22-18-9-14(23-26-18)16-7-4-8-27-16)15-10-17(21-12-20-15)25-11-13-5-2-1-3-6-13/h1-10,12H,11H2,(H,22,24). The van der Waals surface area contributed by atoms with Crippen LogP contribution in [0.4, 0.5) is 5.88 Å². The van der Waals surface area contributed by atoms with E-state index in [-0.39, 0.29) is 11.6 Å². The Kier molecular flexibility index (Phi) is 4.88. The Labute approximate surface area is 158 Å². The molecule has 0 bridgehead atoms. The number of anilines is 1. The first kappa shape index (κ1) is 16.9. The molecule has 1 amide bonds. The van der Waals surface area contributed by atoms with Gasteiger partial charge in [-0.15, -0.1) is 11.3 Å². The molecule has 0 atom stereocenters. The summed E-state index contributed by atoms with van der Waals surface area (Å²) in [5.41, 5.74) is 1.84. The molecule has 8 heteroatoms. The van der Waals surface area contributed by atoms with E-state index < -0.39 is 5.91 Å². The molecule has 0 saturated heterocycles. The van der Waals surface area contributed by atoms with E-state index in [1.807, 2.05) is 47.8 Å². The summed E-state index contributed by atoms with van der Waals surface area (Å²) in [7, 11) is 0. The Bertz CT molecular complexity index is 1030. The molecular weight excluding hydrogens is 364 g/mol. The minimum absolute atomic E-state index is 0.169. The summed E-state index contributed by atoms with van der Waals surface area (Å²) in [5.74, 6) is 0.125. The van der Waals surface area contributed by atoms with Crippen LogP contribution < -0.4 is 10.1 Å². The molecule has 0 fully saturated rings. The predicted molar refractivity (Wildman–Crippen MR) is 101 cm³/mol. The third kappa shape index (κ3) is 4.18. The van der Waals surface area contributed by atoms with Gasteiger partial charge in [0.15, 0.2) is 0 Å². The third-order valence-electron chi connectivity index (χ3n) is 3.62. The first-order valence-electron chi connectivity index (χ1n) is 8.08. The van der Waals surface area contributed by atoms with Crippen LogP contribution in [0.5, 0.6) is 5.88 Å². The van der Waals surface area contributed by atoms with Crippen LogP contribution in [0.1, 0.15) is 16.1 Å². The molecule has 7 nitrogen and oxygen atoms in total. The summed E-state index contributed by atoms with van der Waals surface area (Å²) in [5, 5.41) is 8.53. The first-order valence-corrected chi connectivity index (χ1v) is 8.96. The Balaban J connectivity index is 1.41. The summed E-state index contributed by atoms with van der Waals surface area (Å²) >= 11 is 1.54. The molecule has 4 aromatic rings. The van der Waals surface area contributed by atoms with E-state index in [9.17, 15) is 4.79 Å². The van der Waals surface area contributed by atoms with E-state index in [2.05, 4.69) is 20.4 Å². The number of rotatable bonds is 6. The second-order valence-electron chi connectivity index (χ2n) is 5.52. The second-order valence-corrected chi connectivity index (χ2v) is 6.47. The maximum Gasteiger partial charge on any atom is 0.276 e. The molecule has 0 radical (unpaired) electrons. The van der Waals surface area contributed by atoms with Crippen LogP contribution in [0, 0.1) is 0 Å². The van der Waals surface area contributed by atoms with Crippen LogP contribution in [0.3, 0.4) is 0 Å². The lowest BCUT2D eigenvalue weighted by Gasteiger charge is -2.06. The number of thiophene rings is 1. The first-order chi connectivity index (χ1) is 13.3. The smallest absolute Gasteiger partial charge is 0.276 e. The Morgan fingerprint density at radius 3 is 2.81 bits per heavy atom. The van der Waals surface area contributed by atoms with Crippen LogP contribution >= 0.6 is 11.3 Å². The molecule has 0 aliphatic carbocycles. The maximum atomic E-state index is 12.4. The van der Waals surface area contributed by atoms with Crippen LogP contribution in [-0.2, 0) is 6.61 Å². The summed E-state index contributed by atoms with van der Waals surface area (Å²) in [4.78, 5) is 21.4. The van der Waals surface area contributed by atoms with Crippen molar-refractivity contribution in [1.29, 1.82) is 0 Å². The third-order valence-corrected chi connectivity index (χ3v) is 4.52. The zero-order chi connectivity index (χ0) is 18.5. The number of aromatic nitrogens is 3. The van der Waals surface area contributed by atoms with Gasteiger partial charge in [0.1, 0.15) is 24.3 Å². The van der Waals surface area contributed by atoms with E-state index >= 15 is 0 Å². The van der Waals surface area contributed by atoms with E-state index in [4.69, 9.17) is 9.26 Å². The lowest BCUT2D eigenvalue weighted by molar-refractivity contribution is 0.101. The fourth-order valence-electron chi connectivity index (χ4n) is 2.32. The number of ether oxygens (including phenoxy) is 1. The Morgan fingerprint density at radius 1 is 1.11 bits per heavy atom. The summed E-state index contributed by atoms with van der Waals surface area (Å²) < 4.78 is 10.8. The molecule has 0 saturated carbocycles. The number of nitrogens with one attached hydrogen (secondary N) is 1. The van der Waals surface area contributed by atoms with Gasteiger partial charge >= 0.3 is 0 Å². The molecule has 3 heterocycles. The van der Waals surface area contributed by atoms with Gasteiger partial charge in [-0.05, 0) is 17.0 Å². The van der Waals surface area contributed by atoms with Crippen molar-refractivity contribution in [3.63, 3.8) is 0 Å². The molecule has 134 valence electrons. The monoisotopic (exact) mass is 378 g/mol. The molecular formula is C19H14N4O3S. The Morgan fingerprint density at radius 2 is 2.00 bits per heavy atom. The minimum atomic E-state index is -0.434. The highest BCUT2D eigenvalue weighted by molar-refractivity contribution is 7.13. The van der Waals surface area contributed by atoms with Gasteiger partial charge in [0.05, 0.1) is 4.88 Å². The van der Waals surface area contributed by atoms with Crippen molar-refractivity contribution in [3.8, 4) is 16.5 Å². The van der Waals surface area contributed by atoms with Crippen molar-refractivity contribution in [3.05, 3.63) is 77.6 Å². The average molecular weight is 378 g/mol. The molecule has 3 aromatic heterocycles. The highest BCUT2D eigenvalue weighted by Crippen LogP contribution is 2.26. The lowest BCUT2D eigenvalue weighted by Crippen LogP contribution is -2.13. The Hall–Kier alpha value is -3.52. The zero-order valence-corrected chi connectivity index (χ0v) is 14.8. The van der Waals surface area contributed by atoms with Crippen LogP contribution in [0.2, 0.25) is 0 Å². The van der Waals surface area contributed by atoms with Crippen LogP contribution in [-0.4, -0.2) is 21.0 Å². The van der Waals surface area contributed by atoms with Crippen molar-refractivity contribution < 1.29 is 14.1 Å². The lowest BCUT2D eigenvalue weighted by atomic mass is 10.2. The fourth-order valence-corrected chi connectivity index (χ4v) is 3.00. The van der Waals surface area contributed by atoms with Crippen molar-refractivity contribution in [2.24, 2.45) is 0 Å². The van der Waals surface area contributed by atoms with Crippen molar-refractivity contribution in [2.75, 3.05) is 5.32 Å². The van der Waals surface area contributed by atoms with Gasteiger partial charge in [-0.25, -0.2) is 9.97 Å².